The lowest BCUT2D eigenvalue weighted by Gasteiger charge is -2.40. The minimum Gasteiger partial charge on any atom is -0.336 e. The Kier molecular flexibility index (Phi) is 5.51. The first-order valence-electron chi connectivity index (χ1n) is 9.02. The van der Waals surface area contributed by atoms with E-state index in [4.69, 9.17) is 0 Å². The van der Waals surface area contributed by atoms with Crippen molar-refractivity contribution in [3.05, 3.63) is 35.1 Å². The van der Waals surface area contributed by atoms with Gasteiger partial charge in [0.1, 0.15) is 5.82 Å². The monoisotopic (exact) mass is 333 g/mol. The fourth-order valence-corrected chi connectivity index (χ4v) is 3.80. The Labute approximate surface area is 144 Å². The van der Waals surface area contributed by atoms with E-state index in [1.54, 1.807) is 6.07 Å². The van der Waals surface area contributed by atoms with Gasteiger partial charge in [-0.3, -0.25) is 9.69 Å². The van der Waals surface area contributed by atoms with Crippen LogP contribution < -0.4 is 0 Å². The summed E-state index contributed by atoms with van der Waals surface area (Å²) >= 11 is 0. The molecule has 1 aromatic carbocycles. The van der Waals surface area contributed by atoms with Crippen molar-refractivity contribution in [2.75, 3.05) is 46.3 Å². The molecule has 24 heavy (non-hydrogen) atoms. The van der Waals surface area contributed by atoms with Crippen LogP contribution in [0.15, 0.2) is 18.2 Å². The Balaban J connectivity index is 1.54. The van der Waals surface area contributed by atoms with Crippen molar-refractivity contribution < 1.29 is 9.18 Å². The van der Waals surface area contributed by atoms with Gasteiger partial charge in [-0.1, -0.05) is 12.5 Å². The van der Waals surface area contributed by atoms with Crippen LogP contribution in [-0.4, -0.2) is 73.0 Å². The van der Waals surface area contributed by atoms with E-state index in [0.717, 1.165) is 38.3 Å². The number of piperazine rings is 1. The number of likely N-dealkylation sites (tertiary alicyclic amines) is 1. The highest BCUT2D eigenvalue weighted by molar-refractivity contribution is 5.95. The van der Waals surface area contributed by atoms with Crippen LogP contribution in [0.2, 0.25) is 0 Å². The van der Waals surface area contributed by atoms with E-state index in [1.807, 2.05) is 11.8 Å². The largest absolute Gasteiger partial charge is 0.336 e. The molecular formula is C19H28FN3O. The quantitative estimate of drug-likeness (QED) is 0.850. The first-order chi connectivity index (χ1) is 11.5. The topological polar surface area (TPSA) is 26.8 Å². The molecule has 2 aliphatic rings. The van der Waals surface area contributed by atoms with Crippen LogP contribution in [0.3, 0.4) is 0 Å². The number of rotatable bonds is 3. The molecule has 5 heteroatoms. The number of halogens is 1. The van der Waals surface area contributed by atoms with Gasteiger partial charge >= 0.3 is 0 Å². The highest BCUT2D eigenvalue weighted by Crippen LogP contribution is 2.18. The van der Waals surface area contributed by atoms with Crippen molar-refractivity contribution in [1.29, 1.82) is 0 Å². The minimum atomic E-state index is -0.345. The third kappa shape index (κ3) is 3.95. The molecule has 0 N–H and O–H groups in total. The molecule has 1 atom stereocenters. The summed E-state index contributed by atoms with van der Waals surface area (Å²) in [5.74, 6) is -0.385. The lowest BCUT2D eigenvalue weighted by Crippen LogP contribution is -2.53. The summed E-state index contributed by atoms with van der Waals surface area (Å²) in [4.78, 5) is 19.5. The van der Waals surface area contributed by atoms with Crippen LogP contribution >= 0.6 is 0 Å². The summed E-state index contributed by atoms with van der Waals surface area (Å²) in [5.41, 5.74) is 1.34. The van der Waals surface area contributed by atoms with Crippen molar-refractivity contribution in [3.8, 4) is 0 Å². The molecule has 0 radical (unpaired) electrons. The number of carbonyl (C=O) groups excluding carboxylic acids is 1. The first kappa shape index (κ1) is 17.4. The third-order valence-corrected chi connectivity index (χ3v) is 5.48. The molecule has 2 fully saturated rings. The number of hydrogen-bond donors (Lipinski definition) is 0. The Morgan fingerprint density at radius 2 is 1.92 bits per heavy atom. The Bertz CT molecular complexity index is 584. The van der Waals surface area contributed by atoms with Gasteiger partial charge in [0.2, 0.25) is 0 Å². The average molecular weight is 333 g/mol. The van der Waals surface area contributed by atoms with Gasteiger partial charge in [0, 0.05) is 44.3 Å². The number of hydrogen-bond acceptors (Lipinski definition) is 3. The van der Waals surface area contributed by atoms with Crippen LogP contribution in [-0.2, 0) is 0 Å². The molecule has 1 amide bonds. The number of benzene rings is 1. The van der Waals surface area contributed by atoms with Crippen LogP contribution in [0.25, 0.3) is 0 Å². The van der Waals surface area contributed by atoms with Crippen LogP contribution in [0.4, 0.5) is 4.39 Å². The lowest BCUT2D eigenvalue weighted by atomic mass is 10.0. The predicted octanol–water partition coefficient (Wildman–Crippen LogP) is 2.38. The molecule has 1 unspecified atom stereocenters. The zero-order valence-electron chi connectivity index (χ0n) is 14.8. The van der Waals surface area contributed by atoms with E-state index >= 15 is 0 Å². The summed E-state index contributed by atoms with van der Waals surface area (Å²) in [6.45, 7) is 7.42. The maximum absolute atomic E-state index is 13.5. The highest BCUT2D eigenvalue weighted by atomic mass is 19.1. The van der Waals surface area contributed by atoms with Crippen LogP contribution in [0.5, 0.6) is 0 Å². The molecule has 2 aliphatic heterocycles. The van der Waals surface area contributed by atoms with Gasteiger partial charge in [0.25, 0.3) is 5.91 Å². The Morgan fingerprint density at radius 3 is 2.62 bits per heavy atom. The van der Waals surface area contributed by atoms with Gasteiger partial charge in [0.05, 0.1) is 0 Å². The average Bonchev–Trinajstić information content (AvgIpc) is 2.59. The van der Waals surface area contributed by atoms with Crippen LogP contribution in [0, 0.1) is 12.7 Å². The smallest absolute Gasteiger partial charge is 0.254 e. The fraction of sp³-hybridized carbons (Fsp3) is 0.632. The van der Waals surface area contributed by atoms with Crippen molar-refractivity contribution in [1.82, 2.24) is 14.7 Å². The second-order valence-corrected chi connectivity index (χ2v) is 7.18. The van der Waals surface area contributed by atoms with Crippen molar-refractivity contribution in [2.24, 2.45) is 0 Å². The van der Waals surface area contributed by atoms with E-state index in [1.165, 1.54) is 37.9 Å². The molecule has 2 saturated heterocycles. The molecular weight excluding hydrogens is 305 g/mol. The van der Waals surface area contributed by atoms with Crippen LogP contribution in [0.1, 0.15) is 35.2 Å². The maximum Gasteiger partial charge on any atom is 0.254 e. The number of aryl methyl sites for hydroxylation is 1. The number of likely N-dealkylation sites (N-methyl/N-ethyl adjacent to an activating group) is 1. The summed E-state index contributed by atoms with van der Waals surface area (Å²) in [6, 6.07) is 5.09. The molecule has 4 nitrogen and oxygen atoms in total. The SMILES string of the molecule is Cc1ccc(F)cc1C(=O)N1CCN(CC2CCCCN2C)CC1. The normalized spacial score (nSPS) is 23.5. The van der Waals surface area contributed by atoms with E-state index in [0.29, 0.717) is 11.6 Å². The Morgan fingerprint density at radius 1 is 1.17 bits per heavy atom. The molecule has 0 aliphatic carbocycles. The summed E-state index contributed by atoms with van der Waals surface area (Å²) in [7, 11) is 2.22. The van der Waals surface area contributed by atoms with Gasteiger partial charge in [0.15, 0.2) is 0 Å². The molecule has 132 valence electrons. The Hall–Kier alpha value is -1.46. The standard InChI is InChI=1S/C19H28FN3O/c1-15-6-7-16(20)13-18(15)19(24)23-11-9-22(10-12-23)14-17-5-3-4-8-21(17)2/h6-7,13,17H,3-5,8-12,14H2,1-2H3. The van der Waals surface area contributed by atoms with Gasteiger partial charge < -0.3 is 9.80 Å². The highest BCUT2D eigenvalue weighted by Gasteiger charge is 2.26. The van der Waals surface area contributed by atoms with Crippen molar-refractivity contribution in [2.45, 2.75) is 32.2 Å². The lowest BCUT2D eigenvalue weighted by molar-refractivity contribution is 0.0564. The zero-order chi connectivity index (χ0) is 17.1. The second kappa shape index (κ2) is 7.62. The molecule has 0 bridgehead atoms. The number of piperidine rings is 1. The molecule has 2 heterocycles. The number of nitrogens with zero attached hydrogens (tertiary/aromatic N) is 3. The minimum absolute atomic E-state index is 0.0403. The van der Waals surface area contributed by atoms with Gasteiger partial charge in [-0.05, 0) is 51.1 Å². The first-order valence-corrected chi connectivity index (χ1v) is 9.02. The second-order valence-electron chi connectivity index (χ2n) is 7.18. The summed E-state index contributed by atoms with van der Waals surface area (Å²) in [5, 5.41) is 0. The fourth-order valence-electron chi connectivity index (χ4n) is 3.80. The third-order valence-electron chi connectivity index (χ3n) is 5.48. The summed E-state index contributed by atoms with van der Waals surface area (Å²) < 4.78 is 13.5. The summed E-state index contributed by atoms with van der Waals surface area (Å²) in [6.07, 6.45) is 3.91. The van der Waals surface area contributed by atoms with Crippen molar-refractivity contribution >= 4 is 5.91 Å². The maximum atomic E-state index is 13.5. The van der Waals surface area contributed by atoms with E-state index < -0.39 is 0 Å². The van der Waals surface area contributed by atoms with Gasteiger partial charge in [-0.25, -0.2) is 4.39 Å². The molecule has 0 saturated carbocycles. The molecule has 0 spiro atoms. The number of carbonyl (C=O) groups is 1. The van der Waals surface area contributed by atoms with E-state index in [-0.39, 0.29) is 11.7 Å². The molecule has 3 rings (SSSR count). The zero-order valence-corrected chi connectivity index (χ0v) is 14.8. The predicted molar refractivity (Wildman–Crippen MR) is 93.7 cm³/mol. The molecule has 1 aromatic rings. The van der Waals surface area contributed by atoms with Gasteiger partial charge in [-0.15, -0.1) is 0 Å². The number of amides is 1. The van der Waals surface area contributed by atoms with E-state index in [9.17, 15) is 9.18 Å². The molecule has 0 aromatic heterocycles. The van der Waals surface area contributed by atoms with Crippen molar-refractivity contribution in [3.63, 3.8) is 0 Å². The van der Waals surface area contributed by atoms with E-state index in [2.05, 4.69) is 16.8 Å². The van der Waals surface area contributed by atoms with Gasteiger partial charge in [-0.2, -0.15) is 0 Å².